The van der Waals surface area contributed by atoms with Crippen molar-refractivity contribution in [2.45, 2.75) is 64.4 Å². The minimum Gasteiger partial charge on any atom is -0.494 e. The molecule has 0 aliphatic rings. The Bertz CT molecular complexity index is 1490. The van der Waals surface area contributed by atoms with Crippen LogP contribution >= 0.6 is 0 Å². The normalized spacial score (nSPS) is 11.0. The van der Waals surface area contributed by atoms with Gasteiger partial charge < -0.3 is 28.4 Å². The van der Waals surface area contributed by atoms with Crippen LogP contribution in [0.4, 0.5) is 0 Å². The van der Waals surface area contributed by atoms with Gasteiger partial charge in [-0.3, -0.25) is 0 Å². The molecular formula is C39H44O10. The van der Waals surface area contributed by atoms with Gasteiger partial charge in [-0.15, -0.1) is 0 Å². The zero-order valence-corrected chi connectivity index (χ0v) is 27.9. The number of ether oxygens (including phenoxy) is 6. The van der Waals surface area contributed by atoms with E-state index in [0.29, 0.717) is 53.9 Å². The summed E-state index contributed by atoms with van der Waals surface area (Å²) in [6.45, 7) is 10.0. The molecule has 260 valence electrons. The molecule has 0 bridgehead atoms. The summed E-state index contributed by atoms with van der Waals surface area (Å²) in [6.07, 6.45) is 9.27. The molecule has 0 fully saturated rings. The summed E-state index contributed by atoms with van der Waals surface area (Å²) in [4.78, 5) is 47.3. The number of hydrogen-bond donors (Lipinski definition) is 0. The maximum atomic E-state index is 12.7. The fraction of sp³-hybridized carbons (Fsp3) is 0.333. The molecule has 10 heteroatoms. The molecule has 3 aromatic rings. The van der Waals surface area contributed by atoms with Crippen LogP contribution in [0.2, 0.25) is 0 Å². The van der Waals surface area contributed by atoms with Gasteiger partial charge in [-0.2, -0.15) is 0 Å². The first-order valence-electron chi connectivity index (χ1n) is 16.4. The van der Waals surface area contributed by atoms with Crippen molar-refractivity contribution < 1.29 is 47.6 Å². The molecule has 0 aliphatic carbocycles. The molecule has 0 amide bonds. The molecule has 3 rings (SSSR count). The smallest absolute Gasteiger partial charge is 0.343 e. The van der Waals surface area contributed by atoms with Crippen LogP contribution in [0.25, 0.3) is 0 Å². The standard InChI is InChI=1S/C39H44O10/c1-4-36(40)45-27-11-7-6-10-26-44-32-18-14-30(15-19-32)38(42)48-34-22-24-35(25-23-34)49-39(43)31-16-20-33(21-17-31)47-29(3)13-9-8-12-28-46-37(41)5-2/h4-5,14-25,29H,1-2,6-13,26-28H2,3H3/t29-/m1/s1. The van der Waals surface area contributed by atoms with Gasteiger partial charge in [-0.1, -0.05) is 13.2 Å². The number of carbonyl (C=O) groups is 4. The predicted molar refractivity (Wildman–Crippen MR) is 184 cm³/mol. The number of carbonyl (C=O) groups excluding carboxylic acids is 4. The summed E-state index contributed by atoms with van der Waals surface area (Å²) in [7, 11) is 0. The molecule has 0 unspecified atom stereocenters. The van der Waals surface area contributed by atoms with Gasteiger partial charge >= 0.3 is 23.9 Å². The Labute approximate surface area is 287 Å². The fourth-order valence-electron chi connectivity index (χ4n) is 4.48. The van der Waals surface area contributed by atoms with Crippen LogP contribution in [0.15, 0.2) is 98.1 Å². The highest BCUT2D eigenvalue weighted by atomic mass is 16.5. The highest BCUT2D eigenvalue weighted by Gasteiger charge is 2.13. The van der Waals surface area contributed by atoms with Crippen molar-refractivity contribution in [2.75, 3.05) is 19.8 Å². The Balaban J connectivity index is 1.34. The lowest BCUT2D eigenvalue weighted by atomic mass is 10.1. The number of esters is 4. The molecule has 0 N–H and O–H groups in total. The third-order valence-corrected chi connectivity index (χ3v) is 7.15. The second-order valence-electron chi connectivity index (χ2n) is 11.1. The Morgan fingerprint density at radius 2 is 0.959 bits per heavy atom. The van der Waals surface area contributed by atoms with Gasteiger partial charge in [0.15, 0.2) is 0 Å². The molecule has 0 aliphatic heterocycles. The summed E-state index contributed by atoms with van der Waals surface area (Å²) < 4.78 is 32.5. The minimum absolute atomic E-state index is 0.0179. The maximum absolute atomic E-state index is 12.7. The minimum atomic E-state index is -0.532. The number of hydrogen-bond acceptors (Lipinski definition) is 10. The molecule has 0 spiro atoms. The summed E-state index contributed by atoms with van der Waals surface area (Å²) in [5.74, 6) is 0.0178. The van der Waals surface area contributed by atoms with E-state index in [1.165, 1.54) is 0 Å². The van der Waals surface area contributed by atoms with E-state index in [-0.39, 0.29) is 6.10 Å². The average molecular weight is 673 g/mol. The van der Waals surface area contributed by atoms with Gasteiger partial charge in [0, 0.05) is 12.2 Å². The SMILES string of the molecule is C=CC(=O)OCCCCCCOc1ccc(C(=O)Oc2ccc(OC(=O)c3ccc(O[C@H](C)CCCCCOC(=O)C=C)cc3)cc2)cc1. The van der Waals surface area contributed by atoms with Crippen molar-refractivity contribution in [1.29, 1.82) is 0 Å². The summed E-state index contributed by atoms with van der Waals surface area (Å²) in [5.41, 5.74) is 0.725. The maximum Gasteiger partial charge on any atom is 0.343 e. The van der Waals surface area contributed by atoms with Crippen molar-refractivity contribution in [1.82, 2.24) is 0 Å². The van der Waals surface area contributed by atoms with Gasteiger partial charge in [0.1, 0.15) is 23.0 Å². The van der Waals surface area contributed by atoms with E-state index in [2.05, 4.69) is 13.2 Å². The van der Waals surface area contributed by atoms with E-state index in [1.807, 2.05) is 6.92 Å². The van der Waals surface area contributed by atoms with Crippen LogP contribution in [0.5, 0.6) is 23.0 Å². The Morgan fingerprint density at radius 3 is 1.43 bits per heavy atom. The Morgan fingerprint density at radius 1 is 0.551 bits per heavy atom. The molecule has 0 saturated heterocycles. The molecule has 0 saturated carbocycles. The number of benzene rings is 3. The van der Waals surface area contributed by atoms with Crippen LogP contribution in [-0.4, -0.2) is 49.8 Å². The average Bonchev–Trinajstić information content (AvgIpc) is 3.11. The lowest BCUT2D eigenvalue weighted by Gasteiger charge is -2.15. The molecular weight excluding hydrogens is 628 g/mol. The third-order valence-electron chi connectivity index (χ3n) is 7.15. The molecule has 10 nitrogen and oxygen atoms in total. The fourth-order valence-corrected chi connectivity index (χ4v) is 4.48. The molecule has 3 aromatic carbocycles. The highest BCUT2D eigenvalue weighted by Crippen LogP contribution is 2.22. The lowest BCUT2D eigenvalue weighted by molar-refractivity contribution is -0.138. The van der Waals surface area contributed by atoms with Crippen LogP contribution in [0.1, 0.15) is 79.0 Å². The zero-order chi connectivity index (χ0) is 35.3. The Kier molecular flexibility index (Phi) is 16.7. The van der Waals surface area contributed by atoms with E-state index in [9.17, 15) is 19.2 Å². The predicted octanol–water partition coefficient (Wildman–Crippen LogP) is 7.85. The molecule has 1 atom stereocenters. The lowest BCUT2D eigenvalue weighted by Crippen LogP contribution is -2.12. The first-order chi connectivity index (χ1) is 23.8. The van der Waals surface area contributed by atoms with Crippen LogP contribution in [0.3, 0.4) is 0 Å². The third kappa shape index (κ3) is 14.9. The van der Waals surface area contributed by atoms with E-state index in [1.54, 1.807) is 72.8 Å². The van der Waals surface area contributed by atoms with Gasteiger partial charge in [-0.25, -0.2) is 19.2 Å². The number of unbranched alkanes of at least 4 members (excludes halogenated alkanes) is 5. The van der Waals surface area contributed by atoms with E-state index >= 15 is 0 Å². The van der Waals surface area contributed by atoms with Gasteiger partial charge in [-0.05, 0) is 131 Å². The first-order valence-corrected chi connectivity index (χ1v) is 16.4. The number of rotatable bonds is 22. The summed E-state index contributed by atoms with van der Waals surface area (Å²) in [6, 6.07) is 19.6. The van der Waals surface area contributed by atoms with Gasteiger partial charge in [0.05, 0.1) is 37.1 Å². The largest absolute Gasteiger partial charge is 0.494 e. The van der Waals surface area contributed by atoms with Crippen molar-refractivity contribution >= 4 is 23.9 Å². The highest BCUT2D eigenvalue weighted by molar-refractivity contribution is 5.92. The van der Waals surface area contributed by atoms with Crippen molar-refractivity contribution in [3.05, 3.63) is 109 Å². The van der Waals surface area contributed by atoms with E-state index < -0.39 is 23.9 Å². The van der Waals surface area contributed by atoms with E-state index in [4.69, 9.17) is 28.4 Å². The molecule has 0 aromatic heterocycles. The van der Waals surface area contributed by atoms with Crippen molar-refractivity contribution in [3.8, 4) is 23.0 Å². The topological polar surface area (TPSA) is 124 Å². The summed E-state index contributed by atoms with van der Waals surface area (Å²) in [5, 5.41) is 0. The first kappa shape index (κ1) is 38.1. The van der Waals surface area contributed by atoms with E-state index in [0.717, 1.165) is 63.5 Å². The van der Waals surface area contributed by atoms with Gasteiger partial charge in [0.2, 0.25) is 0 Å². The second-order valence-corrected chi connectivity index (χ2v) is 11.1. The van der Waals surface area contributed by atoms with Crippen molar-refractivity contribution in [3.63, 3.8) is 0 Å². The molecule has 0 heterocycles. The van der Waals surface area contributed by atoms with Crippen LogP contribution < -0.4 is 18.9 Å². The zero-order valence-electron chi connectivity index (χ0n) is 27.9. The quantitative estimate of drug-likeness (QED) is 0.0451. The molecule has 49 heavy (non-hydrogen) atoms. The Hall–Kier alpha value is -5.38. The molecule has 0 radical (unpaired) electrons. The second kappa shape index (κ2) is 21.5. The van der Waals surface area contributed by atoms with Gasteiger partial charge in [0.25, 0.3) is 0 Å². The van der Waals surface area contributed by atoms with Crippen LogP contribution in [-0.2, 0) is 19.1 Å². The van der Waals surface area contributed by atoms with Crippen molar-refractivity contribution in [2.24, 2.45) is 0 Å². The monoisotopic (exact) mass is 672 g/mol. The summed E-state index contributed by atoms with van der Waals surface area (Å²) >= 11 is 0. The van der Waals surface area contributed by atoms with Crippen LogP contribution in [0, 0.1) is 0 Å².